The average molecular weight is 432 g/mol. The number of pyridine rings is 1. The maximum atomic E-state index is 13.2. The Morgan fingerprint density at radius 2 is 1.84 bits per heavy atom. The number of ketones is 1. The van der Waals surface area contributed by atoms with Crippen LogP contribution in [0.3, 0.4) is 0 Å². The molecule has 4 rings (SSSR count). The summed E-state index contributed by atoms with van der Waals surface area (Å²) in [5.74, 6) is -0.271. The van der Waals surface area contributed by atoms with Gasteiger partial charge >= 0.3 is 0 Å². The van der Waals surface area contributed by atoms with Gasteiger partial charge in [0, 0.05) is 18.9 Å². The minimum absolute atomic E-state index is 0.0262. The molecule has 1 fully saturated rings. The monoisotopic (exact) mass is 432 g/mol. The zero-order valence-electron chi connectivity index (χ0n) is 18.4. The minimum atomic E-state index is -0.873. The second-order valence-electron chi connectivity index (χ2n) is 7.89. The minimum Gasteiger partial charge on any atom is -0.507 e. The van der Waals surface area contributed by atoms with Crippen LogP contribution in [0.1, 0.15) is 39.8 Å². The largest absolute Gasteiger partial charge is 0.507 e. The van der Waals surface area contributed by atoms with E-state index in [1.54, 1.807) is 49.6 Å². The Kier molecular flexibility index (Phi) is 5.57. The van der Waals surface area contributed by atoms with E-state index in [1.165, 1.54) is 12.0 Å². The van der Waals surface area contributed by atoms with Gasteiger partial charge in [0.1, 0.15) is 29.1 Å². The second-order valence-corrected chi connectivity index (χ2v) is 7.89. The van der Waals surface area contributed by atoms with Crippen LogP contribution in [0.15, 0.2) is 58.8 Å². The summed E-state index contributed by atoms with van der Waals surface area (Å²) >= 11 is 0. The number of carbonyl (C=O) groups excluding carboxylic acids is 2. The van der Waals surface area contributed by atoms with Gasteiger partial charge in [-0.15, -0.1) is 0 Å². The van der Waals surface area contributed by atoms with Crippen molar-refractivity contribution in [3.63, 3.8) is 0 Å². The quantitative estimate of drug-likeness (QED) is 0.368. The van der Waals surface area contributed by atoms with Gasteiger partial charge in [0.05, 0.1) is 18.2 Å². The highest BCUT2D eigenvalue weighted by molar-refractivity contribution is 6.46. The fourth-order valence-corrected chi connectivity index (χ4v) is 4.17. The van der Waals surface area contributed by atoms with E-state index in [9.17, 15) is 14.7 Å². The number of nitrogens with zero attached hydrogens (tertiary/aromatic N) is 2. The van der Waals surface area contributed by atoms with Crippen molar-refractivity contribution in [2.45, 2.75) is 33.4 Å². The van der Waals surface area contributed by atoms with E-state index in [4.69, 9.17) is 9.15 Å². The van der Waals surface area contributed by atoms with Gasteiger partial charge in [-0.3, -0.25) is 14.6 Å². The zero-order valence-corrected chi connectivity index (χ0v) is 18.4. The van der Waals surface area contributed by atoms with E-state index in [-0.39, 0.29) is 17.9 Å². The SMILES string of the molecule is COc1c(C)cc(C)cc1/C(O)=C1\C(=O)C(=O)N(Cc2ccncc2)C1c1ccc(C)o1. The van der Waals surface area contributed by atoms with Crippen LogP contribution >= 0.6 is 0 Å². The van der Waals surface area contributed by atoms with Gasteiger partial charge < -0.3 is 19.2 Å². The number of hydrogen-bond acceptors (Lipinski definition) is 6. The zero-order chi connectivity index (χ0) is 23.0. The lowest BCUT2D eigenvalue weighted by molar-refractivity contribution is -0.140. The van der Waals surface area contributed by atoms with E-state index >= 15 is 0 Å². The Labute approximate surface area is 186 Å². The van der Waals surface area contributed by atoms with Gasteiger partial charge in [-0.25, -0.2) is 0 Å². The van der Waals surface area contributed by atoms with Crippen LogP contribution < -0.4 is 4.74 Å². The molecule has 1 amide bonds. The lowest BCUT2D eigenvalue weighted by Crippen LogP contribution is -2.29. The van der Waals surface area contributed by atoms with Crippen LogP contribution in [-0.2, 0) is 16.1 Å². The summed E-state index contributed by atoms with van der Waals surface area (Å²) in [7, 11) is 1.50. The van der Waals surface area contributed by atoms with Crippen molar-refractivity contribution in [1.82, 2.24) is 9.88 Å². The second kappa shape index (κ2) is 8.34. The Hall–Kier alpha value is -3.87. The van der Waals surface area contributed by atoms with Crippen molar-refractivity contribution in [2.75, 3.05) is 7.11 Å². The van der Waals surface area contributed by atoms with Crippen molar-refractivity contribution in [3.8, 4) is 5.75 Å². The molecular weight excluding hydrogens is 408 g/mol. The highest BCUT2D eigenvalue weighted by Gasteiger charge is 2.47. The van der Waals surface area contributed by atoms with E-state index in [0.717, 1.165) is 16.7 Å². The number of aliphatic hydroxyl groups excluding tert-OH is 1. The van der Waals surface area contributed by atoms with Gasteiger partial charge in [0.15, 0.2) is 0 Å². The predicted octanol–water partition coefficient (Wildman–Crippen LogP) is 4.23. The molecule has 1 aromatic carbocycles. The van der Waals surface area contributed by atoms with Crippen LogP contribution in [0.2, 0.25) is 0 Å². The number of aryl methyl sites for hydroxylation is 3. The number of furan rings is 1. The molecule has 0 spiro atoms. The Morgan fingerprint density at radius 3 is 2.47 bits per heavy atom. The van der Waals surface area contributed by atoms with Gasteiger partial charge in [-0.05, 0) is 67.8 Å². The molecule has 7 nitrogen and oxygen atoms in total. The predicted molar refractivity (Wildman–Crippen MR) is 118 cm³/mol. The number of hydrogen-bond donors (Lipinski definition) is 1. The third kappa shape index (κ3) is 3.66. The highest BCUT2D eigenvalue weighted by Crippen LogP contribution is 2.42. The van der Waals surface area contributed by atoms with Crippen LogP contribution in [-0.4, -0.2) is 33.8 Å². The first-order valence-electron chi connectivity index (χ1n) is 10.2. The molecule has 0 saturated carbocycles. The van der Waals surface area contributed by atoms with Crippen LogP contribution in [0.4, 0.5) is 0 Å². The molecule has 32 heavy (non-hydrogen) atoms. The van der Waals surface area contributed by atoms with Crippen molar-refractivity contribution >= 4 is 17.4 Å². The number of Topliss-reactive ketones (excluding diaryl/α,β-unsaturated/α-hetero) is 1. The number of ether oxygens (including phenoxy) is 1. The maximum Gasteiger partial charge on any atom is 0.296 e. The molecule has 164 valence electrons. The third-order valence-corrected chi connectivity index (χ3v) is 5.55. The van der Waals surface area contributed by atoms with Crippen LogP contribution in [0.25, 0.3) is 5.76 Å². The first kappa shape index (κ1) is 21.4. The summed E-state index contributed by atoms with van der Waals surface area (Å²) in [6, 6.07) is 9.82. The summed E-state index contributed by atoms with van der Waals surface area (Å²) in [5, 5.41) is 11.3. The number of carbonyl (C=O) groups is 2. The van der Waals surface area contributed by atoms with E-state index in [0.29, 0.717) is 22.8 Å². The highest BCUT2D eigenvalue weighted by atomic mass is 16.5. The van der Waals surface area contributed by atoms with Crippen molar-refractivity contribution in [2.24, 2.45) is 0 Å². The standard InChI is InChI=1S/C25H24N2O5/c1-14-11-15(2)24(31-4)18(12-14)22(28)20-21(19-6-5-16(3)32-19)27(25(30)23(20)29)13-17-7-9-26-10-8-17/h5-12,21,28H,13H2,1-4H3/b22-20+. The molecule has 7 heteroatoms. The molecule has 3 heterocycles. The van der Waals surface area contributed by atoms with Gasteiger partial charge in [0.2, 0.25) is 0 Å². The Bertz CT molecular complexity index is 1230. The van der Waals surface area contributed by atoms with E-state index in [1.807, 2.05) is 19.9 Å². The number of amides is 1. The van der Waals surface area contributed by atoms with Crippen molar-refractivity contribution in [3.05, 3.63) is 88.1 Å². The number of rotatable bonds is 5. The number of methoxy groups -OCH3 is 1. The summed E-state index contributed by atoms with van der Waals surface area (Å²) in [6.45, 7) is 5.69. The smallest absolute Gasteiger partial charge is 0.296 e. The lowest BCUT2D eigenvalue weighted by Gasteiger charge is -2.23. The summed E-state index contributed by atoms with van der Waals surface area (Å²) in [4.78, 5) is 31.7. The van der Waals surface area contributed by atoms with Crippen LogP contribution in [0.5, 0.6) is 5.75 Å². The molecule has 1 atom stereocenters. The van der Waals surface area contributed by atoms with E-state index < -0.39 is 17.7 Å². The molecule has 1 aliphatic heterocycles. The van der Waals surface area contributed by atoms with Gasteiger partial charge in [-0.2, -0.15) is 0 Å². The molecule has 0 radical (unpaired) electrons. The Morgan fingerprint density at radius 1 is 1.12 bits per heavy atom. The molecule has 0 bridgehead atoms. The van der Waals surface area contributed by atoms with Crippen LogP contribution in [0, 0.1) is 20.8 Å². The fourth-order valence-electron chi connectivity index (χ4n) is 4.17. The topological polar surface area (TPSA) is 92.9 Å². The number of aromatic nitrogens is 1. The summed E-state index contributed by atoms with van der Waals surface area (Å²) in [5.41, 5.74) is 2.84. The molecule has 1 N–H and O–H groups in total. The molecule has 1 saturated heterocycles. The lowest BCUT2D eigenvalue weighted by atomic mass is 9.96. The molecular formula is C25H24N2O5. The first-order chi connectivity index (χ1) is 15.3. The van der Waals surface area contributed by atoms with Gasteiger partial charge in [-0.1, -0.05) is 6.07 Å². The van der Waals surface area contributed by atoms with Crippen molar-refractivity contribution < 1.29 is 23.8 Å². The number of aliphatic hydroxyl groups is 1. The first-order valence-corrected chi connectivity index (χ1v) is 10.2. The fraction of sp³-hybridized carbons (Fsp3) is 0.240. The molecule has 3 aromatic rings. The number of benzene rings is 1. The van der Waals surface area contributed by atoms with Crippen molar-refractivity contribution in [1.29, 1.82) is 0 Å². The van der Waals surface area contributed by atoms with E-state index in [2.05, 4.69) is 4.98 Å². The summed E-state index contributed by atoms with van der Waals surface area (Å²) < 4.78 is 11.3. The Balaban J connectivity index is 1.92. The molecule has 0 aliphatic carbocycles. The third-order valence-electron chi connectivity index (χ3n) is 5.55. The average Bonchev–Trinajstić information content (AvgIpc) is 3.30. The molecule has 2 aromatic heterocycles. The normalized spacial score (nSPS) is 17.8. The summed E-state index contributed by atoms with van der Waals surface area (Å²) in [6.07, 6.45) is 3.25. The molecule has 1 unspecified atom stereocenters. The maximum absolute atomic E-state index is 13.2. The molecule has 1 aliphatic rings. The van der Waals surface area contributed by atoms with Gasteiger partial charge in [0.25, 0.3) is 11.7 Å². The number of likely N-dealkylation sites (tertiary alicyclic amines) is 1.